The van der Waals surface area contributed by atoms with Gasteiger partial charge in [0.05, 0.1) is 5.56 Å². The van der Waals surface area contributed by atoms with Gasteiger partial charge in [-0.25, -0.2) is 4.98 Å². The Kier molecular flexibility index (Phi) is 3.61. The van der Waals surface area contributed by atoms with Crippen LogP contribution in [-0.2, 0) is 0 Å². The summed E-state index contributed by atoms with van der Waals surface area (Å²) in [5, 5.41) is 5.93. The molecule has 1 atom stereocenters. The number of rotatable bonds is 5. The largest absolute Gasteiger partial charge is 0.373 e. The summed E-state index contributed by atoms with van der Waals surface area (Å²) >= 11 is 0. The molecule has 1 aliphatic rings. The summed E-state index contributed by atoms with van der Waals surface area (Å²) < 4.78 is 0. The molecule has 1 aromatic heterocycles. The molecule has 1 fully saturated rings. The fourth-order valence-corrected chi connectivity index (χ4v) is 1.90. The number of nitrogens with zero attached hydrogens (tertiary/aromatic N) is 1. The van der Waals surface area contributed by atoms with Gasteiger partial charge in [-0.15, -0.1) is 0 Å². The lowest BCUT2D eigenvalue weighted by Crippen LogP contribution is -2.32. The van der Waals surface area contributed by atoms with Crippen molar-refractivity contribution in [2.45, 2.75) is 32.2 Å². The zero-order chi connectivity index (χ0) is 12.3. The minimum Gasteiger partial charge on any atom is -0.373 e. The van der Waals surface area contributed by atoms with Crippen LogP contribution in [0.2, 0.25) is 0 Å². The van der Waals surface area contributed by atoms with E-state index in [2.05, 4.69) is 22.5 Å². The number of carbonyl (C=O) groups is 1. The molecule has 2 rings (SSSR count). The van der Waals surface area contributed by atoms with Crippen LogP contribution >= 0.6 is 0 Å². The number of carbonyl (C=O) groups excluding carboxylic acids is 1. The van der Waals surface area contributed by atoms with Gasteiger partial charge >= 0.3 is 0 Å². The van der Waals surface area contributed by atoms with Crippen LogP contribution < -0.4 is 10.6 Å². The second kappa shape index (κ2) is 5.17. The van der Waals surface area contributed by atoms with Gasteiger partial charge in [-0.1, -0.05) is 12.8 Å². The average molecular weight is 233 g/mol. The lowest BCUT2D eigenvalue weighted by Gasteiger charge is -2.13. The maximum atomic E-state index is 11.9. The Balaban J connectivity index is 1.88. The van der Waals surface area contributed by atoms with E-state index in [9.17, 15) is 4.79 Å². The summed E-state index contributed by atoms with van der Waals surface area (Å²) in [6, 6.07) is 3.84. The van der Waals surface area contributed by atoms with E-state index in [0.717, 1.165) is 18.2 Å². The second-order valence-corrected chi connectivity index (χ2v) is 4.74. The van der Waals surface area contributed by atoms with Crippen LogP contribution in [0.4, 0.5) is 5.82 Å². The average Bonchev–Trinajstić information content (AvgIpc) is 3.12. The summed E-state index contributed by atoms with van der Waals surface area (Å²) in [4.78, 5) is 16.0. The summed E-state index contributed by atoms with van der Waals surface area (Å²) in [7, 11) is 1.81. The maximum Gasteiger partial charge on any atom is 0.253 e. The van der Waals surface area contributed by atoms with E-state index >= 15 is 0 Å². The van der Waals surface area contributed by atoms with Crippen molar-refractivity contribution in [3.05, 3.63) is 23.9 Å². The molecule has 4 nitrogen and oxygen atoms in total. The number of hydrogen-bond donors (Lipinski definition) is 2. The van der Waals surface area contributed by atoms with Gasteiger partial charge in [0.15, 0.2) is 0 Å². The first-order valence-corrected chi connectivity index (χ1v) is 6.13. The van der Waals surface area contributed by atoms with Crippen molar-refractivity contribution in [1.82, 2.24) is 10.3 Å². The Labute approximate surface area is 102 Å². The Bertz CT molecular complexity index is 384. The zero-order valence-corrected chi connectivity index (χ0v) is 10.4. The molecule has 0 aromatic carbocycles. The molecule has 1 aromatic rings. The molecule has 1 amide bonds. The SMILES string of the molecule is CNc1ccc(C(=O)NC(C)CC2CC2)cn1. The predicted molar refractivity (Wildman–Crippen MR) is 68.1 cm³/mol. The van der Waals surface area contributed by atoms with Crippen molar-refractivity contribution in [1.29, 1.82) is 0 Å². The van der Waals surface area contributed by atoms with E-state index in [0.29, 0.717) is 5.56 Å². The highest BCUT2D eigenvalue weighted by Crippen LogP contribution is 2.33. The third-order valence-electron chi connectivity index (χ3n) is 3.04. The van der Waals surface area contributed by atoms with Gasteiger partial charge in [-0.05, 0) is 31.4 Å². The summed E-state index contributed by atoms with van der Waals surface area (Å²) in [6.45, 7) is 2.06. The summed E-state index contributed by atoms with van der Waals surface area (Å²) in [5.74, 6) is 1.57. The van der Waals surface area contributed by atoms with E-state index in [1.807, 2.05) is 0 Å². The Morgan fingerprint density at radius 3 is 2.82 bits per heavy atom. The van der Waals surface area contributed by atoms with Crippen molar-refractivity contribution >= 4 is 11.7 Å². The molecular formula is C13H19N3O. The number of hydrogen-bond acceptors (Lipinski definition) is 3. The number of amides is 1. The highest BCUT2D eigenvalue weighted by Gasteiger charge is 2.24. The molecule has 1 saturated carbocycles. The predicted octanol–water partition coefficient (Wildman–Crippen LogP) is 2.04. The molecule has 4 heteroatoms. The topological polar surface area (TPSA) is 54.0 Å². The summed E-state index contributed by atoms with van der Waals surface area (Å²) in [6.07, 6.45) is 5.33. The van der Waals surface area contributed by atoms with Crippen molar-refractivity contribution in [2.75, 3.05) is 12.4 Å². The Hall–Kier alpha value is -1.58. The van der Waals surface area contributed by atoms with E-state index in [1.54, 1.807) is 25.4 Å². The van der Waals surface area contributed by atoms with Crippen molar-refractivity contribution in [3.63, 3.8) is 0 Å². The molecule has 0 radical (unpaired) electrons. The van der Waals surface area contributed by atoms with Crippen molar-refractivity contribution in [2.24, 2.45) is 5.92 Å². The molecule has 1 heterocycles. The standard InChI is InChI=1S/C13H19N3O/c1-9(7-10-3-4-10)16-13(17)11-5-6-12(14-2)15-8-11/h5-6,8-10H,3-4,7H2,1-2H3,(H,14,15)(H,16,17). The van der Waals surface area contributed by atoms with Crippen molar-refractivity contribution in [3.8, 4) is 0 Å². The minimum atomic E-state index is -0.0340. The van der Waals surface area contributed by atoms with E-state index < -0.39 is 0 Å². The molecule has 0 spiro atoms. The van der Waals surface area contributed by atoms with Gasteiger partial charge in [-0.2, -0.15) is 0 Å². The Morgan fingerprint density at radius 1 is 1.53 bits per heavy atom. The molecule has 0 saturated heterocycles. The van der Waals surface area contributed by atoms with Gasteiger partial charge in [0.25, 0.3) is 5.91 Å². The van der Waals surface area contributed by atoms with Crippen molar-refractivity contribution < 1.29 is 4.79 Å². The van der Waals surface area contributed by atoms with Gasteiger partial charge in [0.1, 0.15) is 5.82 Å². The van der Waals surface area contributed by atoms with Crippen LogP contribution in [0, 0.1) is 5.92 Å². The second-order valence-electron chi connectivity index (χ2n) is 4.74. The number of anilines is 1. The van der Waals surface area contributed by atoms with E-state index in [1.165, 1.54) is 12.8 Å². The zero-order valence-electron chi connectivity index (χ0n) is 10.4. The van der Waals surface area contributed by atoms with Crippen LogP contribution in [0.25, 0.3) is 0 Å². The van der Waals surface area contributed by atoms with E-state index in [-0.39, 0.29) is 11.9 Å². The third kappa shape index (κ3) is 3.44. The fraction of sp³-hybridized carbons (Fsp3) is 0.538. The molecule has 17 heavy (non-hydrogen) atoms. The lowest BCUT2D eigenvalue weighted by molar-refractivity contribution is 0.0937. The highest BCUT2D eigenvalue weighted by molar-refractivity contribution is 5.94. The van der Waals surface area contributed by atoms with Gasteiger partial charge in [-0.3, -0.25) is 4.79 Å². The first-order chi connectivity index (χ1) is 8.19. The van der Waals surface area contributed by atoms with Gasteiger partial charge in [0.2, 0.25) is 0 Å². The van der Waals surface area contributed by atoms with Gasteiger partial charge in [0, 0.05) is 19.3 Å². The van der Waals surface area contributed by atoms with Crippen LogP contribution in [0.3, 0.4) is 0 Å². The molecule has 0 bridgehead atoms. The molecule has 0 aliphatic heterocycles. The molecule has 2 N–H and O–H groups in total. The smallest absolute Gasteiger partial charge is 0.253 e. The maximum absolute atomic E-state index is 11.9. The summed E-state index contributed by atoms with van der Waals surface area (Å²) in [5.41, 5.74) is 0.617. The molecule has 1 unspecified atom stereocenters. The van der Waals surface area contributed by atoms with Gasteiger partial charge < -0.3 is 10.6 Å². The van der Waals surface area contributed by atoms with Crippen LogP contribution in [0.5, 0.6) is 0 Å². The monoisotopic (exact) mass is 233 g/mol. The lowest BCUT2D eigenvalue weighted by atomic mass is 10.1. The first-order valence-electron chi connectivity index (χ1n) is 6.13. The van der Waals surface area contributed by atoms with E-state index in [4.69, 9.17) is 0 Å². The number of aromatic nitrogens is 1. The normalized spacial score (nSPS) is 16.4. The molecular weight excluding hydrogens is 214 g/mol. The van der Waals surface area contributed by atoms with Crippen LogP contribution in [0.15, 0.2) is 18.3 Å². The molecule has 1 aliphatic carbocycles. The Morgan fingerprint density at radius 2 is 2.29 bits per heavy atom. The first kappa shape index (κ1) is 11.9. The fourth-order valence-electron chi connectivity index (χ4n) is 1.90. The quantitative estimate of drug-likeness (QED) is 0.818. The minimum absolute atomic E-state index is 0.0340. The highest BCUT2D eigenvalue weighted by atomic mass is 16.1. The number of nitrogens with one attached hydrogen (secondary N) is 2. The van der Waals surface area contributed by atoms with Crippen LogP contribution in [0.1, 0.15) is 36.5 Å². The molecule has 92 valence electrons. The van der Waals surface area contributed by atoms with Crippen LogP contribution in [-0.4, -0.2) is 24.0 Å². The third-order valence-corrected chi connectivity index (χ3v) is 3.04. The number of pyridine rings is 1.